The van der Waals surface area contributed by atoms with Gasteiger partial charge in [-0.2, -0.15) is 0 Å². The van der Waals surface area contributed by atoms with Gasteiger partial charge in [0.2, 0.25) is 0 Å². The molecule has 0 bridgehead atoms. The monoisotopic (exact) mass is 272 g/mol. The minimum atomic E-state index is -0.178. The summed E-state index contributed by atoms with van der Waals surface area (Å²) >= 11 is 0. The summed E-state index contributed by atoms with van der Waals surface area (Å²) in [5, 5.41) is 20.1. The molecule has 0 spiro atoms. The molecule has 0 aliphatic carbocycles. The standard InChI is InChI=1S/C14H16N4O2/c1-18(2)14(20)12-7-8-13(17-16-12)15-9-10-3-5-11(19)6-4-10/h3-8,19H,9H2,1-2H3,(H,15,17). The molecule has 0 saturated carbocycles. The molecule has 2 aromatic rings. The van der Waals surface area contributed by atoms with Crippen molar-refractivity contribution in [2.75, 3.05) is 19.4 Å². The number of hydrogen-bond donors (Lipinski definition) is 2. The number of nitrogens with one attached hydrogen (secondary N) is 1. The second kappa shape index (κ2) is 6.01. The lowest BCUT2D eigenvalue weighted by Gasteiger charge is -2.09. The molecule has 0 saturated heterocycles. The fourth-order valence-electron chi connectivity index (χ4n) is 1.58. The zero-order valence-electron chi connectivity index (χ0n) is 11.4. The van der Waals surface area contributed by atoms with Crippen LogP contribution in [0.3, 0.4) is 0 Å². The quantitative estimate of drug-likeness (QED) is 0.881. The Bertz CT molecular complexity index is 579. The van der Waals surface area contributed by atoms with E-state index in [-0.39, 0.29) is 11.7 Å². The van der Waals surface area contributed by atoms with Gasteiger partial charge >= 0.3 is 0 Å². The van der Waals surface area contributed by atoms with E-state index < -0.39 is 0 Å². The largest absolute Gasteiger partial charge is 0.508 e. The number of aromatic nitrogens is 2. The van der Waals surface area contributed by atoms with Crippen molar-refractivity contribution in [2.24, 2.45) is 0 Å². The average Bonchev–Trinajstić information content (AvgIpc) is 2.46. The lowest BCUT2D eigenvalue weighted by molar-refractivity contribution is 0.0821. The summed E-state index contributed by atoms with van der Waals surface area (Å²) in [4.78, 5) is 13.1. The summed E-state index contributed by atoms with van der Waals surface area (Å²) in [7, 11) is 3.34. The van der Waals surface area contributed by atoms with Crippen LogP contribution in [0.15, 0.2) is 36.4 Å². The van der Waals surface area contributed by atoms with Crippen molar-refractivity contribution in [2.45, 2.75) is 6.54 Å². The fraction of sp³-hybridized carbons (Fsp3) is 0.214. The molecule has 1 amide bonds. The Hall–Kier alpha value is -2.63. The third kappa shape index (κ3) is 3.44. The van der Waals surface area contributed by atoms with E-state index in [1.165, 1.54) is 4.90 Å². The average molecular weight is 272 g/mol. The van der Waals surface area contributed by atoms with Gasteiger partial charge in [-0.1, -0.05) is 12.1 Å². The highest BCUT2D eigenvalue weighted by Gasteiger charge is 2.09. The van der Waals surface area contributed by atoms with Gasteiger partial charge in [0.1, 0.15) is 11.6 Å². The van der Waals surface area contributed by atoms with E-state index >= 15 is 0 Å². The van der Waals surface area contributed by atoms with E-state index in [0.29, 0.717) is 18.1 Å². The van der Waals surface area contributed by atoms with Crippen LogP contribution in [0.1, 0.15) is 16.1 Å². The molecule has 104 valence electrons. The molecule has 1 aromatic heterocycles. The summed E-state index contributed by atoms with van der Waals surface area (Å²) in [6.07, 6.45) is 0. The van der Waals surface area contributed by atoms with E-state index in [4.69, 9.17) is 0 Å². The predicted molar refractivity (Wildman–Crippen MR) is 75.5 cm³/mol. The van der Waals surface area contributed by atoms with Crippen LogP contribution in [0, 0.1) is 0 Å². The Morgan fingerprint density at radius 2 is 1.85 bits per heavy atom. The SMILES string of the molecule is CN(C)C(=O)c1ccc(NCc2ccc(O)cc2)nn1. The van der Waals surface area contributed by atoms with E-state index in [1.807, 2.05) is 12.1 Å². The van der Waals surface area contributed by atoms with Crippen molar-refractivity contribution in [1.82, 2.24) is 15.1 Å². The number of carbonyl (C=O) groups excluding carboxylic acids is 1. The molecule has 0 radical (unpaired) electrons. The number of carbonyl (C=O) groups is 1. The summed E-state index contributed by atoms with van der Waals surface area (Å²) in [5.41, 5.74) is 1.32. The highest BCUT2D eigenvalue weighted by atomic mass is 16.3. The Morgan fingerprint density at radius 3 is 2.40 bits per heavy atom. The van der Waals surface area contributed by atoms with Gasteiger partial charge in [0.05, 0.1) is 0 Å². The molecule has 1 aromatic carbocycles. The van der Waals surface area contributed by atoms with E-state index in [2.05, 4.69) is 15.5 Å². The van der Waals surface area contributed by atoms with Crippen LogP contribution in [-0.4, -0.2) is 40.2 Å². The van der Waals surface area contributed by atoms with Crippen LogP contribution < -0.4 is 5.32 Å². The zero-order valence-corrected chi connectivity index (χ0v) is 11.4. The predicted octanol–water partition coefficient (Wildman–Crippen LogP) is 1.50. The lowest BCUT2D eigenvalue weighted by Crippen LogP contribution is -2.23. The van der Waals surface area contributed by atoms with Gasteiger partial charge in [-0.05, 0) is 29.8 Å². The maximum absolute atomic E-state index is 11.6. The molecule has 2 rings (SSSR count). The molecular weight excluding hydrogens is 256 g/mol. The Balaban J connectivity index is 1.97. The van der Waals surface area contributed by atoms with E-state index in [0.717, 1.165) is 5.56 Å². The van der Waals surface area contributed by atoms with Crippen LogP contribution in [0.2, 0.25) is 0 Å². The maximum Gasteiger partial charge on any atom is 0.273 e. The smallest absolute Gasteiger partial charge is 0.273 e. The van der Waals surface area contributed by atoms with Gasteiger partial charge in [0.15, 0.2) is 5.69 Å². The summed E-state index contributed by atoms with van der Waals surface area (Å²) in [5.74, 6) is 0.649. The van der Waals surface area contributed by atoms with Crippen molar-refractivity contribution >= 4 is 11.7 Å². The highest BCUT2D eigenvalue weighted by molar-refractivity contribution is 5.91. The molecule has 0 fully saturated rings. The van der Waals surface area contributed by atoms with E-state index in [9.17, 15) is 9.90 Å². The van der Waals surface area contributed by atoms with Gasteiger partial charge in [0.25, 0.3) is 5.91 Å². The second-order valence-corrected chi connectivity index (χ2v) is 4.52. The summed E-state index contributed by atoms with van der Waals surface area (Å²) in [6, 6.07) is 10.2. The van der Waals surface area contributed by atoms with Crippen molar-refractivity contribution in [3.63, 3.8) is 0 Å². The summed E-state index contributed by atoms with van der Waals surface area (Å²) in [6.45, 7) is 0.565. The number of nitrogens with zero attached hydrogens (tertiary/aromatic N) is 3. The van der Waals surface area contributed by atoms with Crippen LogP contribution in [0.4, 0.5) is 5.82 Å². The van der Waals surface area contributed by atoms with Crippen molar-refractivity contribution in [3.8, 4) is 5.75 Å². The minimum absolute atomic E-state index is 0.178. The number of amides is 1. The van der Waals surface area contributed by atoms with E-state index in [1.54, 1.807) is 38.4 Å². The van der Waals surface area contributed by atoms with Crippen molar-refractivity contribution < 1.29 is 9.90 Å². The third-order valence-electron chi connectivity index (χ3n) is 2.70. The molecular formula is C14H16N4O2. The lowest BCUT2D eigenvalue weighted by atomic mass is 10.2. The molecule has 0 unspecified atom stereocenters. The topological polar surface area (TPSA) is 78.4 Å². The zero-order chi connectivity index (χ0) is 14.5. The van der Waals surface area contributed by atoms with Crippen molar-refractivity contribution in [1.29, 1.82) is 0 Å². The number of rotatable bonds is 4. The molecule has 6 nitrogen and oxygen atoms in total. The molecule has 2 N–H and O–H groups in total. The van der Waals surface area contributed by atoms with Crippen LogP contribution >= 0.6 is 0 Å². The maximum atomic E-state index is 11.6. The summed E-state index contributed by atoms with van der Waals surface area (Å²) < 4.78 is 0. The third-order valence-corrected chi connectivity index (χ3v) is 2.70. The second-order valence-electron chi connectivity index (χ2n) is 4.52. The van der Waals surface area contributed by atoms with Gasteiger partial charge in [-0.25, -0.2) is 0 Å². The number of phenolic OH excluding ortho intramolecular Hbond substituents is 1. The number of anilines is 1. The number of phenols is 1. The molecule has 1 heterocycles. The Labute approximate surface area is 117 Å². The molecule has 6 heteroatoms. The number of hydrogen-bond acceptors (Lipinski definition) is 5. The van der Waals surface area contributed by atoms with Crippen LogP contribution in [-0.2, 0) is 6.54 Å². The molecule has 20 heavy (non-hydrogen) atoms. The van der Waals surface area contributed by atoms with Crippen molar-refractivity contribution in [3.05, 3.63) is 47.7 Å². The molecule has 0 aliphatic rings. The Morgan fingerprint density at radius 1 is 1.15 bits per heavy atom. The normalized spacial score (nSPS) is 10.1. The highest BCUT2D eigenvalue weighted by Crippen LogP contribution is 2.11. The number of aromatic hydroxyl groups is 1. The first-order valence-corrected chi connectivity index (χ1v) is 6.13. The van der Waals surface area contributed by atoms with Gasteiger partial charge < -0.3 is 15.3 Å². The van der Waals surface area contributed by atoms with Crippen LogP contribution in [0.25, 0.3) is 0 Å². The molecule has 0 atom stereocenters. The first-order valence-electron chi connectivity index (χ1n) is 6.13. The molecule has 0 aliphatic heterocycles. The van der Waals surface area contributed by atoms with Gasteiger partial charge in [0, 0.05) is 20.6 Å². The first kappa shape index (κ1) is 13.8. The first-order chi connectivity index (χ1) is 9.56. The number of benzene rings is 1. The Kier molecular flexibility index (Phi) is 4.14. The van der Waals surface area contributed by atoms with Crippen LogP contribution in [0.5, 0.6) is 5.75 Å². The minimum Gasteiger partial charge on any atom is -0.508 e. The fourth-order valence-corrected chi connectivity index (χ4v) is 1.58. The van der Waals surface area contributed by atoms with Gasteiger partial charge in [-0.15, -0.1) is 10.2 Å². The van der Waals surface area contributed by atoms with Gasteiger partial charge in [-0.3, -0.25) is 4.79 Å².